The summed E-state index contributed by atoms with van der Waals surface area (Å²) in [6.45, 7) is 9.12. The Balaban J connectivity index is 0.00000433. The van der Waals surface area contributed by atoms with Crippen LogP contribution < -0.4 is 4.74 Å². The molecule has 11 rings (SSSR count). The molecule has 0 saturated heterocycles. The van der Waals surface area contributed by atoms with E-state index in [0.717, 1.165) is 66.2 Å². The number of nitrogens with zero attached hydrogens (tertiary/aromatic N) is 4. The van der Waals surface area contributed by atoms with E-state index in [2.05, 4.69) is 188 Å². The molecule has 8 aromatic carbocycles. The molecule has 0 radical (unpaired) electrons. The molecule has 3 heterocycles. The van der Waals surface area contributed by atoms with Crippen LogP contribution in [0, 0.1) is 12.1 Å². The molecule has 0 bridgehead atoms. The van der Waals surface area contributed by atoms with Crippen molar-refractivity contribution in [3.63, 3.8) is 0 Å². The van der Waals surface area contributed by atoms with Crippen LogP contribution in [0.4, 0.5) is 0 Å². The van der Waals surface area contributed by atoms with Gasteiger partial charge in [-0.3, -0.25) is 9.97 Å². The topological polar surface area (TPSA) is 44.4 Å². The van der Waals surface area contributed by atoms with Crippen molar-refractivity contribution in [3.8, 4) is 39.7 Å². The first-order chi connectivity index (χ1) is 28.9. The number of aromatic nitrogens is 4. The van der Waals surface area contributed by atoms with Gasteiger partial charge in [0.1, 0.15) is 0 Å². The van der Waals surface area contributed by atoms with Gasteiger partial charge in [0.25, 0.3) is 0 Å². The summed E-state index contributed by atoms with van der Waals surface area (Å²) >= 11 is 0. The predicted octanol–water partition coefficient (Wildman–Crippen LogP) is 14.3. The Hall–Kier alpha value is -6.55. The molecule has 0 amide bonds. The molecule has 11 aromatic rings. The van der Waals surface area contributed by atoms with Gasteiger partial charge in [-0.25, -0.2) is 0 Å². The van der Waals surface area contributed by atoms with Gasteiger partial charge < -0.3 is 13.7 Å². The second-order valence-corrected chi connectivity index (χ2v) is 16.0. The van der Waals surface area contributed by atoms with Crippen molar-refractivity contribution >= 4 is 60.2 Å². The fourth-order valence-corrected chi connectivity index (χ4v) is 8.86. The van der Waals surface area contributed by atoms with E-state index < -0.39 is 0 Å². The Morgan fingerprint density at radius 3 is 2.00 bits per heavy atom. The van der Waals surface area contributed by atoms with Crippen molar-refractivity contribution in [2.24, 2.45) is 0 Å². The van der Waals surface area contributed by atoms with E-state index in [0.29, 0.717) is 11.5 Å². The van der Waals surface area contributed by atoms with Gasteiger partial charge in [0.05, 0.1) is 33.5 Å². The first kappa shape index (κ1) is 37.7. The molecule has 0 spiro atoms. The SMILES string of the molecule is CC(C)c1cc(-c2ccccc2)cc(C(C)C)c1-n1c(-c2[c-]c(Oc3[c-]c4c(cc3)c3ccccc3n3c5ccc6ccccc6c5nc43)ccc2)nc2ccccc21.[Pt+2]. The number of pyridine rings is 1. The van der Waals surface area contributed by atoms with Gasteiger partial charge in [-0.1, -0.05) is 148 Å². The maximum Gasteiger partial charge on any atom is 2.00 e. The first-order valence-electron chi connectivity index (χ1n) is 20.4. The maximum atomic E-state index is 6.68. The average Bonchev–Trinajstić information content (AvgIpc) is 3.86. The molecule has 0 N–H and O–H groups in total. The van der Waals surface area contributed by atoms with E-state index in [1.807, 2.05) is 18.2 Å². The molecule has 5 nitrogen and oxygen atoms in total. The molecular formula is C54H40N4OPt. The molecule has 292 valence electrons. The summed E-state index contributed by atoms with van der Waals surface area (Å²) < 4.78 is 11.3. The zero-order valence-corrected chi connectivity index (χ0v) is 36.0. The van der Waals surface area contributed by atoms with Gasteiger partial charge in [-0.15, -0.1) is 29.8 Å². The Kier molecular flexibility index (Phi) is 9.38. The molecular weight excluding hydrogens is 916 g/mol. The van der Waals surface area contributed by atoms with Gasteiger partial charge in [-0.2, -0.15) is 0 Å². The molecule has 0 aliphatic carbocycles. The molecule has 0 unspecified atom stereocenters. The van der Waals surface area contributed by atoms with Crippen LogP contribution >= 0.6 is 0 Å². The minimum atomic E-state index is 0. The summed E-state index contributed by atoms with van der Waals surface area (Å²) in [7, 11) is 0. The van der Waals surface area contributed by atoms with E-state index in [4.69, 9.17) is 14.7 Å². The van der Waals surface area contributed by atoms with Crippen molar-refractivity contribution < 1.29 is 25.8 Å². The van der Waals surface area contributed by atoms with Crippen LogP contribution in [0.1, 0.15) is 50.7 Å². The van der Waals surface area contributed by atoms with E-state index >= 15 is 0 Å². The third kappa shape index (κ3) is 6.11. The van der Waals surface area contributed by atoms with Gasteiger partial charge in [-0.05, 0) is 81.3 Å². The fraction of sp³-hybridized carbons (Fsp3) is 0.111. The summed E-state index contributed by atoms with van der Waals surface area (Å²) in [5.41, 5.74) is 13.0. The van der Waals surface area contributed by atoms with Crippen LogP contribution in [0.3, 0.4) is 0 Å². The number of hydrogen-bond acceptors (Lipinski definition) is 3. The van der Waals surface area contributed by atoms with Gasteiger partial charge >= 0.3 is 21.1 Å². The number of hydrogen-bond donors (Lipinski definition) is 0. The molecule has 3 aromatic heterocycles. The molecule has 0 aliphatic heterocycles. The van der Waals surface area contributed by atoms with E-state index in [1.54, 1.807) is 0 Å². The smallest absolute Gasteiger partial charge is 0.497 e. The summed E-state index contributed by atoms with van der Waals surface area (Å²) in [5.74, 6) is 2.52. The quantitative estimate of drug-likeness (QED) is 0.118. The second kappa shape index (κ2) is 14.9. The summed E-state index contributed by atoms with van der Waals surface area (Å²) in [4.78, 5) is 10.6. The fourth-order valence-electron chi connectivity index (χ4n) is 8.86. The number of rotatable bonds is 7. The monoisotopic (exact) mass is 955 g/mol. The van der Waals surface area contributed by atoms with Crippen LogP contribution in [0.5, 0.6) is 11.5 Å². The number of imidazole rings is 2. The van der Waals surface area contributed by atoms with Crippen molar-refractivity contribution in [3.05, 3.63) is 181 Å². The molecule has 0 aliphatic rings. The Labute approximate surface area is 363 Å². The van der Waals surface area contributed by atoms with E-state index in [9.17, 15) is 0 Å². The average molecular weight is 956 g/mol. The molecule has 0 atom stereocenters. The number of para-hydroxylation sites is 3. The summed E-state index contributed by atoms with van der Waals surface area (Å²) in [6.07, 6.45) is 0. The summed E-state index contributed by atoms with van der Waals surface area (Å²) in [5, 5.41) is 5.41. The van der Waals surface area contributed by atoms with Crippen LogP contribution in [-0.2, 0) is 21.1 Å². The number of fused-ring (bicyclic) bond motifs is 11. The largest absolute Gasteiger partial charge is 2.00 e. The van der Waals surface area contributed by atoms with Gasteiger partial charge in [0.2, 0.25) is 0 Å². The minimum Gasteiger partial charge on any atom is -0.497 e. The third-order valence-electron chi connectivity index (χ3n) is 11.7. The van der Waals surface area contributed by atoms with Crippen LogP contribution in [0.2, 0.25) is 0 Å². The minimum absolute atomic E-state index is 0. The molecule has 0 saturated carbocycles. The van der Waals surface area contributed by atoms with Gasteiger partial charge in [0, 0.05) is 28.1 Å². The maximum absolute atomic E-state index is 6.68. The first-order valence-corrected chi connectivity index (χ1v) is 20.4. The van der Waals surface area contributed by atoms with E-state index in [1.165, 1.54) is 33.3 Å². The molecule has 0 fully saturated rings. The summed E-state index contributed by atoms with van der Waals surface area (Å²) in [6, 6.07) is 62.6. The molecule has 60 heavy (non-hydrogen) atoms. The van der Waals surface area contributed by atoms with E-state index in [-0.39, 0.29) is 32.9 Å². The van der Waals surface area contributed by atoms with Crippen LogP contribution in [-0.4, -0.2) is 18.9 Å². The third-order valence-corrected chi connectivity index (χ3v) is 11.7. The van der Waals surface area contributed by atoms with Crippen LogP contribution in [0.15, 0.2) is 158 Å². The zero-order chi connectivity index (χ0) is 39.8. The Morgan fingerprint density at radius 1 is 0.533 bits per heavy atom. The number of ether oxygens (including phenoxy) is 1. The van der Waals surface area contributed by atoms with Gasteiger partial charge in [0.15, 0.2) is 0 Å². The predicted molar refractivity (Wildman–Crippen MR) is 243 cm³/mol. The van der Waals surface area contributed by atoms with Crippen molar-refractivity contribution in [2.75, 3.05) is 0 Å². The standard InChI is InChI=1S/C54H40N4O.Pt/c1-33(2)44-30-38(35-15-6-5-7-16-35)31-45(34(3)4)52(44)58-49-24-13-11-22-47(49)55-53(58)37-18-14-19-39(29-37)59-40-26-27-42-43-21-10-12-23-48(43)57-50-28-25-36-17-8-9-20-41(36)51(50)56-54(57)46(42)32-40;/h5-28,30-31,33-34H,1-4H3;/q-2;+2. The molecule has 6 heteroatoms. The zero-order valence-electron chi connectivity index (χ0n) is 33.7. The normalized spacial score (nSPS) is 11.8. The Bertz CT molecular complexity index is 3410. The van der Waals surface area contributed by atoms with Crippen molar-refractivity contribution in [1.29, 1.82) is 0 Å². The van der Waals surface area contributed by atoms with Crippen molar-refractivity contribution in [1.82, 2.24) is 18.9 Å². The van der Waals surface area contributed by atoms with Crippen molar-refractivity contribution in [2.45, 2.75) is 39.5 Å². The number of benzene rings is 8. The Morgan fingerprint density at radius 2 is 1.22 bits per heavy atom. The second-order valence-electron chi connectivity index (χ2n) is 16.0. The van der Waals surface area contributed by atoms with Crippen LogP contribution in [0.25, 0.3) is 88.4 Å².